The summed E-state index contributed by atoms with van der Waals surface area (Å²) in [4.78, 5) is 18.1. The lowest BCUT2D eigenvalue weighted by Gasteiger charge is -1.93. The summed E-state index contributed by atoms with van der Waals surface area (Å²) in [6, 6.07) is 5.05. The van der Waals surface area contributed by atoms with Crippen LogP contribution in [-0.4, -0.2) is 25.8 Å². The van der Waals surface area contributed by atoms with Crippen molar-refractivity contribution in [2.24, 2.45) is 5.73 Å². The van der Waals surface area contributed by atoms with Gasteiger partial charge in [0.2, 0.25) is 0 Å². The number of carbonyl (C=O) groups excluding carboxylic acids is 1. The molecule has 3 aromatic rings. The number of hydrogen-bond donors (Lipinski definition) is 2. The summed E-state index contributed by atoms with van der Waals surface area (Å²) >= 11 is 0. The van der Waals surface area contributed by atoms with E-state index in [-0.39, 0.29) is 5.82 Å². The number of aryl methyl sites for hydroxylation is 1. The fourth-order valence-electron chi connectivity index (χ4n) is 1.77. The Morgan fingerprint density at radius 3 is 3.00 bits per heavy atom. The Labute approximate surface area is 107 Å². The predicted octanol–water partition coefficient (Wildman–Crippen LogP) is 1.60. The number of nitrogens with one attached hydrogen (secondary N) is 1. The lowest BCUT2D eigenvalue weighted by atomic mass is 10.2. The minimum Gasteiger partial charge on any atom is -0.350 e. The molecule has 3 N–H and O–H groups in total. The maximum atomic E-state index is 13.4. The standard InChI is InChI=1S/C12H9FN5O/c1-6-4-9-10(5-7(6)13)16-11(15-9)8-2-3-18(17-8)12(14)19/h3-5H,1H3,(H2,14,19)(H,15,16). The quantitative estimate of drug-likeness (QED) is 0.694. The molecular formula is C12H9FN5O. The van der Waals surface area contributed by atoms with Gasteiger partial charge in [-0.15, -0.1) is 0 Å². The SMILES string of the molecule is Cc1cc2[nH]c(-c3[c]cn(C(N)=O)n3)nc2cc1F. The topological polar surface area (TPSA) is 89.6 Å². The molecule has 0 aliphatic heterocycles. The molecule has 3 rings (SSSR count). The molecule has 0 atom stereocenters. The molecule has 0 bridgehead atoms. The molecule has 6 nitrogen and oxygen atoms in total. The number of amides is 1. The number of aromatic nitrogens is 4. The summed E-state index contributed by atoms with van der Waals surface area (Å²) in [5.41, 5.74) is 7.12. The van der Waals surface area contributed by atoms with E-state index >= 15 is 0 Å². The van der Waals surface area contributed by atoms with Gasteiger partial charge in [-0.3, -0.25) is 0 Å². The van der Waals surface area contributed by atoms with Crippen LogP contribution in [0.3, 0.4) is 0 Å². The fourth-order valence-corrected chi connectivity index (χ4v) is 1.77. The Morgan fingerprint density at radius 1 is 1.53 bits per heavy atom. The number of H-pyrrole nitrogens is 1. The Hall–Kier alpha value is -2.70. The van der Waals surface area contributed by atoms with Crippen LogP contribution in [0.2, 0.25) is 0 Å². The average molecular weight is 258 g/mol. The second-order valence-electron chi connectivity index (χ2n) is 4.11. The molecule has 0 aliphatic rings. The molecule has 2 heterocycles. The van der Waals surface area contributed by atoms with Crippen LogP contribution >= 0.6 is 0 Å². The van der Waals surface area contributed by atoms with Gasteiger partial charge in [0, 0.05) is 18.3 Å². The van der Waals surface area contributed by atoms with Crippen molar-refractivity contribution in [3.8, 4) is 11.5 Å². The number of primary amides is 1. The first kappa shape index (κ1) is 11.4. The highest BCUT2D eigenvalue weighted by molar-refractivity contribution is 5.80. The maximum absolute atomic E-state index is 13.4. The van der Waals surface area contributed by atoms with Gasteiger partial charge < -0.3 is 10.7 Å². The highest BCUT2D eigenvalue weighted by Gasteiger charge is 2.11. The van der Waals surface area contributed by atoms with Gasteiger partial charge >= 0.3 is 6.03 Å². The Morgan fingerprint density at radius 2 is 2.32 bits per heavy atom. The first-order valence-corrected chi connectivity index (χ1v) is 5.48. The summed E-state index contributed by atoms with van der Waals surface area (Å²) in [6.45, 7) is 1.67. The van der Waals surface area contributed by atoms with Crippen LogP contribution in [0.4, 0.5) is 9.18 Å². The van der Waals surface area contributed by atoms with E-state index in [0.717, 1.165) is 4.68 Å². The molecule has 0 aliphatic carbocycles. The molecule has 19 heavy (non-hydrogen) atoms. The van der Waals surface area contributed by atoms with E-state index in [1.54, 1.807) is 13.0 Å². The molecule has 1 radical (unpaired) electrons. The van der Waals surface area contributed by atoms with Crippen LogP contribution in [0.5, 0.6) is 0 Å². The minimum atomic E-state index is -0.708. The summed E-state index contributed by atoms with van der Waals surface area (Å²) < 4.78 is 14.4. The number of benzene rings is 1. The minimum absolute atomic E-state index is 0.322. The average Bonchev–Trinajstić information content (AvgIpc) is 2.95. The number of carbonyl (C=O) groups is 1. The third kappa shape index (κ3) is 1.85. The normalized spacial score (nSPS) is 11.1. The first-order chi connectivity index (χ1) is 9.04. The monoisotopic (exact) mass is 258 g/mol. The van der Waals surface area contributed by atoms with Gasteiger partial charge in [0.05, 0.1) is 11.0 Å². The van der Waals surface area contributed by atoms with Gasteiger partial charge in [-0.05, 0) is 18.6 Å². The van der Waals surface area contributed by atoms with Crippen molar-refractivity contribution in [3.05, 3.63) is 35.8 Å². The molecule has 0 fully saturated rings. The van der Waals surface area contributed by atoms with Crippen molar-refractivity contribution in [2.45, 2.75) is 6.92 Å². The second kappa shape index (κ2) is 3.91. The van der Waals surface area contributed by atoms with Gasteiger partial charge in [-0.25, -0.2) is 14.2 Å². The highest BCUT2D eigenvalue weighted by Crippen LogP contribution is 2.21. The third-order valence-electron chi connectivity index (χ3n) is 2.74. The van der Waals surface area contributed by atoms with E-state index in [9.17, 15) is 9.18 Å². The summed E-state index contributed by atoms with van der Waals surface area (Å²) in [5, 5.41) is 3.92. The Kier molecular flexibility index (Phi) is 2.34. The zero-order valence-corrected chi connectivity index (χ0v) is 9.94. The van der Waals surface area contributed by atoms with Crippen molar-refractivity contribution < 1.29 is 9.18 Å². The summed E-state index contributed by atoms with van der Waals surface area (Å²) in [6.07, 6.45) is 1.32. The van der Waals surface area contributed by atoms with Gasteiger partial charge in [0.1, 0.15) is 11.5 Å². The van der Waals surface area contributed by atoms with E-state index in [1.807, 2.05) is 0 Å². The Bertz CT molecular complexity index is 750. The van der Waals surface area contributed by atoms with E-state index in [4.69, 9.17) is 5.73 Å². The van der Waals surface area contributed by atoms with Crippen molar-refractivity contribution in [1.82, 2.24) is 19.7 Å². The number of imidazole rings is 1. The van der Waals surface area contributed by atoms with Crippen LogP contribution in [-0.2, 0) is 0 Å². The molecule has 1 amide bonds. The number of aromatic amines is 1. The smallest absolute Gasteiger partial charge is 0.339 e. The van der Waals surface area contributed by atoms with Crippen LogP contribution in [0.25, 0.3) is 22.6 Å². The summed E-state index contributed by atoms with van der Waals surface area (Å²) in [7, 11) is 0. The van der Waals surface area contributed by atoms with Crippen LogP contribution in [0.15, 0.2) is 18.3 Å². The molecule has 0 saturated heterocycles. The zero-order valence-electron chi connectivity index (χ0n) is 9.94. The van der Waals surface area contributed by atoms with Gasteiger partial charge in [-0.2, -0.15) is 9.78 Å². The molecule has 95 valence electrons. The largest absolute Gasteiger partial charge is 0.350 e. The number of hydrogen-bond acceptors (Lipinski definition) is 3. The summed E-state index contributed by atoms with van der Waals surface area (Å²) in [5.74, 6) is 0.0807. The fraction of sp³-hybridized carbons (Fsp3) is 0.0833. The van der Waals surface area contributed by atoms with E-state index in [1.165, 1.54) is 12.3 Å². The van der Waals surface area contributed by atoms with E-state index < -0.39 is 6.03 Å². The van der Waals surface area contributed by atoms with Crippen molar-refractivity contribution >= 4 is 17.1 Å². The zero-order chi connectivity index (χ0) is 13.6. The maximum Gasteiger partial charge on any atom is 0.339 e. The molecule has 7 heteroatoms. The van der Waals surface area contributed by atoms with Crippen molar-refractivity contribution in [1.29, 1.82) is 0 Å². The predicted molar refractivity (Wildman–Crippen MR) is 65.8 cm³/mol. The Balaban J connectivity index is 2.12. The number of rotatable bonds is 1. The van der Waals surface area contributed by atoms with E-state index in [2.05, 4.69) is 21.1 Å². The van der Waals surface area contributed by atoms with Crippen molar-refractivity contribution in [3.63, 3.8) is 0 Å². The molecule has 0 unspecified atom stereocenters. The number of fused-ring (bicyclic) bond motifs is 1. The van der Waals surface area contributed by atoms with Gasteiger partial charge in [-0.1, -0.05) is 0 Å². The number of halogens is 1. The highest BCUT2D eigenvalue weighted by atomic mass is 19.1. The van der Waals surface area contributed by atoms with Crippen LogP contribution < -0.4 is 5.73 Å². The molecule has 0 spiro atoms. The second-order valence-corrected chi connectivity index (χ2v) is 4.11. The van der Waals surface area contributed by atoms with Crippen molar-refractivity contribution in [2.75, 3.05) is 0 Å². The van der Waals surface area contributed by atoms with Gasteiger partial charge in [0.25, 0.3) is 0 Å². The first-order valence-electron chi connectivity index (χ1n) is 5.48. The number of nitrogens with two attached hydrogens (primary N) is 1. The van der Waals surface area contributed by atoms with Gasteiger partial charge in [0.15, 0.2) is 5.82 Å². The van der Waals surface area contributed by atoms with Crippen LogP contribution in [0, 0.1) is 18.8 Å². The molecule has 0 saturated carbocycles. The lowest BCUT2D eigenvalue weighted by Crippen LogP contribution is -2.19. The molecule has 2 aromatic heterocycles. The van der Waals surface area contributed by atoms with Crippen LogP contribution in [0.1, 0.15) is 5.56 Å². The third-order valence-corrected chi connectivity index (χ3v) is 2.74. The lowest BCUT2D eigenvalue weighted by molar-refractivity contribution is 0.248. The molecular weight excluding hydrogens is 249 g/mol. The molecule has 1 aromatic carbocycles. The number of nitrogens with zero attached hydrogens (tertiary/aromatic N) is 3. The van der Waals surface area contributed by atoms with E-state index in [0.29, 0.717) is 28.1 Å².